The number of hydrogen-bond donors (Lipinski definition) is 2. The number of piperidine rings is 1. The molecule has 1 aliphatic rings. The first-order valence-electron chi connectivity index (χ1n) is 9.37. The maximum atomic E-state index is 14.5. The zero-order valence-corrected chi connectivity index (χ0v) is 18.2. The van der Waals surface area contributed by atoms with Crippen molar-refractivity contribution in [2.24, 2.45) is 5.92 Å². The van der Waals surface area contributed by atoms with Crippen LogP contribution in [0.5, 0.6) is 5.75 Å². The zero-order valence-electron chi connectivity index (χ0n) is 15.8. The number of nitrogens with zero attached hydrogens (tertiary/aromatic N) is 2. The molecule has 158 valence electrons. The number of halogens is 3. The van der Waals surface area contributed by atoms with E-state index in [4.69, 9.17) is 16.3 Å². The second-order valence-electron chi connectivity index (χ2n) is 6.89. The molecule has 2 atom stereocenters. The van der Waals surface area contributed by atoms with Crippen LogP contribution >= 0.6 is 35.1 Å². The Bertz CT molecular complexity index is 952. The Morgan fingerprint density at radius 1 is 1.23 bits per heavy atom. The van der Waals surface area contributed by atoms with Crippen LogP contribution in [0.4, 0.5) is 13.9 Å². The molecule has 0 spiro atoms. The summed E-state index contributed by atoms with van der Waals surface area (Å²) in [6.45, 7) is 1.82. The summed E-state index contributed by atoms with van der Waals surface area (Å²) in [4.78, 5) is 4.34. The summed E-state index contributed by atoms with van der Waals surface area (Å²) in [6, 6.07) is 10.2. The summed E-state index contributed by atoms with van der Waals surface area (Å²) in [5, 5.41) is 4.57. The summed E-state index contributed by atoms with van der Waals surface area (Å²) in [5.74, 6) is -1.49. The molecule has 30 heavy (non-hydrogen) atoms. The van der Waals surface area contributed by atoms with Gasteiger partial charge in [-0.15, -0.1) is 0 Å². The van der Waals surface area contributed by atoms with Gasteiger partial charge in [-0.2, -0.15) is 4.37 Å². The van der Waals surface area contributed by atoms with Gasteiger partial charge in [0.15, 0.2) is 17.4 Å². The van der Waals surface area contributed by atoms with Crippen LogP contribution in [0.3, 0.4) is 0 Å². The topological polar surface area (TPSA) is 59.1 Å². The second-order valence-corrected chi connectivity index (χ2v) is 8.98. The first-order chi connectivity index (χ1) is 14.6. The Hall–Kier alpha value is -1.94. The molecule has 2 N–H and O–H groups in total. The lowest BCUT2D eigenvalue weighted by molar-refractivity contribution is 0.185. The lowest BCUT2D eigenvalue weighted by Gasteiger charge is -2.32. The van der Waals surface area contributed by atoms with Crippen LogP contribution in [0, 0.1) is 17.6 Å². The molecule has 1 saturated heterocycles. The monoisotopic (exact) mass is 468 g/mol. The lowest BCUT2D eigenvalue weighted by Crippen LogP contribution is -2.38. The average Bonchev–Trinajstić information content (AvgIpc) is 3.26. The number of aromatic nitrogens is 2. The van der Waals surface area contributed by atoms with Gasteiger partial charge < -0.3 is 14.8 Å². The molecule has 0 bridgehead atoms. The Balaban J connectivity index is 1.42. The van der Waals surface area contributed by atoms with E-state index in [1.165, 1.54) is 18.5 Å². The molecule has 2 heterocycles. The molecule has 5 nitrogen and oxygen atoms in total. The van der Waals surface area contributed by atoms with Crippen molar-refractivity contribution in [3.63, 3.8) is 0 Å². The highest BCUT2D eigenvalue weighted by molar-refractivity contribution is 8.00. The summed E-state index contributed by atoms with van der Waals surface area (Å²) < 4.78 is 41.4. The largest absolute Gasteiger partial charge is 0.487 e. The summed E-state index contributed by atoms with van der Waals surface area (Å²) in [6.07, 6.45) is 2.33. The van der Waals surface area contributed by atoms with Gasteiger partial charge in [0.1, 0.15) is 6.33 Å². The van der Waals surface area contributed by atoms with E-state index in [0.717, 1.165) is 48.6 Å². The summed E-state index contributed by atoms with van der Waals surface area (Å²) >= 11 is 8.21. The van der Waals surface area contributed by atoms with Gasteiger partial charge >= 0.3 is 0 Å². The fourth-order valence-electron chi connectivity index (χ4n) is 3.49. The van der Waals surface area contributed by atoms with Gasteiger partial charge in [-0.1, -0.05) is 23.7 Å². The van der Waals surface area contributed by atoms with Gasteiger partial charge in [0.2, 0.25) is 5.13 Å². The molecule has 2 aromatic carbocycles. The van der Waals surface area contributed by atoms with Gasteiger partial charge in [0.05, 0.1) is 6.61 Å². The highest BCUT2D eigenvalue weighted by atomic mass is 35.5. The molecule has 1 fully saturated rings. The van der Waals surface area contributed by atoms with Crippen LogP contribution in [0.2, 0.25) is 5.02 Å². The Labute approximate surface area is 186 Å². The number of ether oxygens (including phenoxy) is 1. The van der Waals surface area contributed by atoms with Crippen LogP contribution < -0.4 is 14.8 Å². The van der Waals surface area contributed by atoms with Crippen LogP contribution in [0.25, 0.3) is 0 Å². The summed E-state index contributed by atoms with van der Waals surface area (Å²) in [5.41, 5.74) is 1.16. The molecule has 1 aliphatic heterocycles. The number of nitrogens with one attached hydrogen (secondary N) is 2. The molecule has 1 aromatic heterocycles. The number of benzene rings is 2. The van der Waals surface area contributed by atoms with Crippen molar-refractivity contribution in [3.8, 4) is 5.75 Å². The second kappa shape index (κ2) is 9.91. The standard InChI is InChI=1S/C20H19ClF2N4OS2/c21-14-3-1-12(2-4-14)16-5-6-24-9-13(16)10-28-19-17(22)7-15(8-18(19)23)29-27-20-25-11-26-30-20/h1-4,7-8,11,13,16,24H,5-6,9-10H2,(H,25,26,27)/t13-,16?/m0/s1. The van der Waals surface area contributed by atoms with Crippen molar-refractivity contribution < 1.29 is 13.5 Å². The molecule has 0 radical (unpaired) electrons. The number of rotatable bonds is 7. The molecular weight excluding hydrogens is 450 g/mol. The minimum absolute atomic E-state index is 0.0897. The predicted octanol–water partition coefficient (Wildman–Crippen LogP) is 5.36. The lowest BCUT2D eigenvalue weighted by atomic mass is 9.81. The third-order valence-electron chi connectivity index (χ3n) is 4.94. The van der Waals surface area contributed by atoms with Crippen molar-refractivity contribution in [2.75, 3.05) is 24.4 Å². The average molecular weight is 469 g/mol. The van der Waals surface area contributed by atoms with Gasteiger partial charge in [-0.3, -0.25) is 0 Å². The van der Waals surface area contributed by atoms with E-state index in [-0.39, 0.29) is 24.2 Å². The first kappa shape index (κ1) is 21.3. The fraction of sp³-hybridized carbons (Fsp3) is 0.300. The number of hydrogen-bond acceptors (Lipinski definition) is 7. The van der Waals surface area contributed by atoms with Gasteiger partial charge in [-0.25, -0.2) is 13.8 Å². The van der Waals surface area contributed by atoms with Crippen molar-refractivity contribution in [2.45, 2.75) is 17.2 Å². The van der Waals surface area contributed by atoms with E-state index < -0.39 is 11.6 Å². The van der Waals surface area contributed by atoms with Crippen LogP contribution in [-0.4, -0.2) is 29.1 Å². The van der Waals surface area contributed by atoms with E-state index in [9.17, 15) is 8.78 Å². The Morgan fingerprint density at radius 3 is 2.70 bits per heavy atom. The third-order valence-corrected chi connectivity index (χ3v) is 6.66. The van der Waals surface area contributed by atoms with Gasteiger partial charge in [0, 0.05) is 33.9 Å². The molecule has 1 unspecified atom stereocenters. The molecule has 3 aromatic rings. The Morgan fingerprint density at radius 2 is 2.00 bits per heavy atom. The van der Waals surface area contributed by atoms with Crippen molar-refractivity contribution in [3.05, 3.63) is 64.9 Å². The van der Waals surface area contributed by atoms with E-state index in [0.29, 0.717) is 15.0 Å². The van der Waals surface area contributed by atoms with E-state index in [1.54, 1.807) is 0 Å². The van der Waals surface area contributed by atoms with Crippen LogP contribution in [0.1, 0.15) is 17.9 Å². The van der Waals surface area contributed by atoms with Crippen molar-refractivity contribution >= 4 is 40.2 Å². The minimum atomic E-state index is -0.733. The number of anilines is 1. The predicted molar refractivity (Wildman–Crippen MR) is 116 cm³/mol. The molecule has 4 rings (SSSR count). The van der Waals surface area contributed by atoms with Crippen molar-refractivity contribution in [1.82, 2.24) is 14.7 Å². The summed E-state index contributed by atoms with van der Waals surface area (Å²) in [7, 11) is 0. The first-order valence-corrected chi connectivity index (χ1v) is 11.3. The minimum Gasteiger partial charge on any atom is -0.487 e. The molecular formula is C20H19ClF2N4OS2. The van der Waals surface area contributed by atoms with Gasteiger partial charge in [-0.05, 0) is 60.7 Å². The third kappa shape index (κ3) is 5.21. The fourth-order valence-corrected chi connectivity index (χ4v) is 4.76. The smallest absolute Gasteiger partial charge is 0.212 e. The maximum absolute atomic E-state index is 14.5. The van der Waals surface area contributed by atoms with Gasteiger partial charge in [0.25, 0.3) is 0 Å². The zero-order chi connectivity index (χ0) is 20.9. The SMILES string of the molecule is Fc1cc(SNc2ncns2)cc(F)c1OC[C@@H]1CNCCC1c1ccc(Cl)cc1. The maximum Gasteiger partial charge on any atom is 0.212 e. The van der Waals surface area contributed by atoms with Crippen molar-refractivity contribution in [1.29, 1.82) is 0 Å². The normalized spacial score (nSPS) is 18.9. The molecule has 0 aliphatic carbocycles. The highest BCUT2D eigenvalue weighted by Crippen LogP contribution is 2.34. The van der Waals surface area contributed by atoms with Crippen LogP contribution in [-0.2, 0) is 0 Å². The Kier molecular flexibility index (Phi) is 7.04. The molecule has 0 saturated carbocycles. The highest BCUT2D eigenvalue weighted by Gasteiger charge is 2.28. The van der Waals surface area contributed by atoms with E-state index in [2.05, 4.69) is 19.4 Å². The molecule has 0 amide bonds. The van der Waals surface area contributed by atoms with E-state index in [1.807, 2.05) is 24.3 Å². The van der Waals surface area contributed by atoms with E-state index >= 15 is 0 Å². The van der Waals surface area contributed by atoms with Crippen LogP contribution in [0.15, 0.2) is 47.6 Å². The molecule has 10 heteroatoms. The quantitative estimate of drug-likeness (QED) is 0.455.